The Morgan fingerprint density at radius 2 is 1.97 bits per heavy atom. The summed E-state index contributed by atoms with van der Waals surface area (Å²) in [6.07, 6.45) is 4.87. The van der Waals surface area contributed by atoms with E-state index in [1.54, 1.807) is 24.3 Å². The number of carbonyl (C=O) groups excluding carboxylic acids is 1. The largest absolute Gasteiger partial charge is 0.467 e. The minimum absolute atomic E-state index is 0.0753. The third-order valence-corrected chi connectivity index (χ3v) is 6.70. The van der Waals surface area contributed by atoms with E-state index in [4.69, 9.17) is 16.0 Å². The molecule has 1 aromatic carbocycles. The number of nitrogens with zero attached hydrogens (tertiary/aromatic N) is 5. The van der Waals surface area contributed by atoms with Gasteiger partial charge in [0.05, 0.1) is 12.0 Å². The number of aromatic nitrogens is 2. The topological polar surface area (TPSA) is 114 Å². The predicted molar refractivity (Wildman–Crippen MR) is 128 cm³/mol. The summed E-state index contributed by atoms with van der Waals surface area (Å²) in [7, 11) is 0. The number of fused-ring (bicyclic) bond motifs is 1. The van der Waals surface area contributed by atoms with Gasteiger partial charge in [-0.15, -0.1) is 0 Å². The number of amides is 1. The molecule has 0 aliphatic carbocycles. The lowest BCUT2D eigenvalue weighted by atomic mass is 10.0. The molecule has 0 fully saturated rings. The van der Waals surface area contributed by atoms with Crippen molar-refractivity contribution >= 4 is 23.2 Å². The zero-order valence-corrected chi connectivity index (χ0v) is 19.6. The third-order valence-electron chi connectivity index (χ3n) is 6.45. The average Bonchev–Trinajstić information content (AvgIpc) is 3.48. The summed E-state index contributed by atoms with van der Waals surface area (Å²) in [5, 5.41) is 16.0. The molecule has 5 rings (SSSR count). The number of carbonyl (C=O) groups is 1. The molecule has 2 aliphatic rings. The average molecular weight is 492 g/mol. The summed E-state index contributed by atoms with van der Waals surface area (Å²) >= 11 is 6.01. The van der Waals surface area contributed by atoms with Gasteiger partial charge < -0.3 is 4.42 Å². The van der Waals surface area contributed by atoms with Gasteiger partial charge in [0.25, 0.3) is 11.5 Å². The van der Waals surface area contributed by atoms with Crippen LogP contribution in [0.1, 0.15) is 54.3 Å². The number of furan rings is 1. The van der Waals surface area contributed by atoms with Gasteiger partial charge in [0, 0.05) is 23.7 Å². The van der Waals surface area contributed by atoms with Crippen molar-refractivity contribution in [2.75, 3.05) is 0 Å². The van der Waals surface area contributed by atoms with E-state index in [1.807, 2.05) is 18.2 Å². The van der Waals surface area contributed by atoms with Crippen LogP contribution in [0.4, 0.5) is 0 Å². The van der Waals surface area contributed by atoms with Crippen molar-refractivity contribution in [2.45, 2.75) is 51.2 Å². The molecule has 3 aromatic rings. The molecular formula is C25H22ClN5O4. The second-order valence-electron chi connectivity index (χ2n) is 8.60. The molecule has 2 aliphatic heterocycles. The minimum Gasteiger partial charge on any atom is -0.467 e. The molecule has 0 radical (unpaired) electrons. The van der Waals surface area contributed by atoms with Crippen LogP contribution in [0.2, 0.25) is 5.02 Å². The summed E-state index contributed by atoms with van der Waals surface area (Å²) in [4.78, 5) is 39.7. The molecule has 2 aromatic heterocycles. The Kier molecular flexibility index (Phi) is 6.14. The molecule has 178 valence electrons. The van der Waals surface area contributed by atoms with E-state index < -0.39 is 29.7 Å². The fourth-order valence-electron chi connectivity index (χ4n) is 4.69. The maximum atomic E-state index is 13.5. The lowest BCUT2D eigenvalue weighted by Gasteiger charge is -2.21. The molecule has 4 heterocycles. The monoisotopic (exact) mass is 491 g/mol. The maximum Gasteiger partial charge on any atom is 0.331 e. The van der Waals surface area contributed by atoms with Gasteiger partial charge in [-0.3, -0.25) is 14.2 Å². The van der Waals surface area contributed by atoms with E-state index in [0.717, 1.165) is 29.4 Å². The number of hydrogen-bond acceptors (Lipinski definition) is 6. The van der Waals surface area contributed by atoms with Crippen LogP contribution in [0.5, 0.6) is 0 Å². The molecule has 0 saturated heterocycles. The number of halogens is 1. The number of rotatable bonds is 4. The Morgan fingerprint density at radius 1 is 1.17 bits per heavy atom. The molecule has 9 nitrogen and oxygen atoms in total. The van der Waals surface area contributed by atoms with Crippen LogP contribution in [0, 0.1) is 11.3 Å². The molecule has 35 heavy (non-hydrogen) atoms. The predicted octanol–water partition coefficient (Wildman–Crippen LogP) is 3.23. The fourth-order valence-corrected chi connectivity index (χ4v) is 4.82. The highest BCUT2D eigenvalue weighted by atomic mass is 35.5. The smallest absolute Gasteiger partial charge is 0.331 e. The van der Waals surface area contributed by atoms with Gasteiger partial charge in [0.15, 0.2) is 0 Å². The van der Waals surface area contributed by atoms with E-state index in [9.17, 15) is 19.6 Å². The molecule has 0 spiro atoms. The fraction of sp³-hybridized carbons (Fsp3) is 0.320. The minimum atomic E-state index is -0.741. The van der Waals surface area contributed by atoms with Crippen LogP contribution in [0.3, 0.4) is 0 Å². The van der Waals surface area contributed by atoms with Crippen molar-refractivity contribution in [3.63, 3.8) is 0 Å². The van der Waals surface area contributed by atoms with Crippen molar-refractivity contribution in [2.24, 2.45) is 5.10 Å². The van der Waals surface area contributed by atoms with E-state index >= 15 is 0 Å². The Balaban J connectivity index is 1.53. The Bertz CT molecular complexity index is 1460. The van der Waals surface area contributed by atoms with Crippen molar-refractivity contribution in [1.82, 2.24) is 14.1 Å². The quantitative estimate of drug-likeness (QED) is 0.556. The normalized spacial score (nSPS) is 17.4. The zero-order valence-electron chi connectivity index (χ0n) is 18.8. The highest BCUT2D eigenvalue weighted by Crippen LogP contribution is 2.33. The summed E-state index contributed by atoms with van der Waals surface area (Å²) in [5.41, 5.74) is 0.523. The highest BCUT2D eigenvalue weighted by Gasteiger charge is 2.35. The second-order valence-corrected chi connectivity index (χ2v) is 9.03. The van der Waals surface area contributed by atoms with Crippen LogP contribution >= 0.6 is 11.6 Å². The molecule has 0 unspecified atom stereocenters. The van der Waals surface area contributed by atoms with Crippen molar-refractivity contribution in [3.8, 4) is 6.07 Å². The van der Waals surface area contributed by atoms with E-state index in [2.05, 4.69) is 5.10 Å². The summed E-state index contributed by atoms with van der Waals surface area (Å²) in [6, 6.07) is 12.0. The molecule has 0 bridgehead atoms. The molecule has 0 saturated carbocycles. The number of hydrazone groups is 1. The van der Waals surface area contributed by atoms with Crippen LogP contribution < -0.4 is 11.2 Å². The molecule has 0 N–H and O–H groups in total. The van der Waals surface area contributed by atoms with Gasteiger partial charge in [0.1, 0.15) is 30.0 Å². The Hall–Kier alpha value is -3.90. The summed E-state index contributed by atoms with van der Waals surface area (Å²) in [6.45, 7) is -0.115. The van der Waals surface area contributed by atoms with Gasteiger partial charge >= 0.3 is 5.69 Å². The molecule has 1 amide bonds. The van der Waals surface area contributed by atoms with Crippen LogP contribution in [0.25, 0.3) is 0 Å². The first kappa shape index (κ1) is 22.9. The summed E-state index contributed by atoms with van der Waals surface area (Å²) < 4.78 is 7.88. The number of benzene rings is 1. The SMILES string of the molecule is N#Cc1c2n(c(=O)n(CC(=O)N3N=C(c4ccc(Cl)cc4)C[C@@H]3c3ccco3)c1=O)CCCCC2. The molecule has 10 heteroatoms. The van der Waals surface area contributed by atoms with E-state index in [1.165, 1.54) is 15.8 Å². The molecule has 1 atom stereocenters. The maximum absolute atomic E-state index is 13.5. The molecular weight excluding hydrogens is 470 g/mol. The van der Waals surface area contributed by atoms with Gasteiger partial charge in [-0.2, -0.15) is 10.4 Å². The first-order valence-corrected chi connectivity index (χ1v) is 11.8. The van der Waals surface area contributed by atoms with Crippen LogP contribution in [0.15, 0.2) is 61.8 Å². The van der Waals surface area contributed by atoms with Gasteiger partial charge in [0.2, 0.25) is 0 Å². The lowest BCUT2D eigenvalue weighted by Crippen LogP contribution is -2.46. The first-order valence-electron chi connectivity index (χ1n) is 11.4. The lowest BCUT2D eigenvalue weighted by molar-refractivity contribution is -0.134. The van der Waals surface area contributed by atoms with Gasteiger partial charge in [-0.1, -0.05) is 30.2 Å². The van der Waals surface area contributed by atoms with Gasteiger partial charge in [-0.25, -0.2) is 14.4 Å². The number of nitriles is 1. The standard InChI is InChI=1S/C25H22ClN5O4/c26-17-9-7-16(8-10-17)19-13-21(22-6-4-12-35-22)31(28-19)23(32)15-30-24(33)18(14-27)20-5-2-1-3-11-29(20)25(30)34/h4,6-10,12,21H,1-3,5,11,13,15H2/t21-/m1/s1. The van der Waals surface area contributed by atoms with Crippen molar-refractivity contribution in [1.29, 1.82) is 5.26 Å². The number of hydrogen-bond donors (Lipinski definition) is 0. The Labute approximate surface area is 205 Å². The van der Waals surface area contributed by atoms with Crippen molar-refractivity contribution in [3.05, 3.63) is 91.1 Å². The zero-order chi connectivity index (χ0) is 24.5. The first-order chi connectivity index (χ1) is 17.0. The summed E-state index contributed by atoms with van der Waals surface area (Å²) in [5.74, 6) is -0.0117. The highest BCUT2D eigenvalue weighted by molar-refractivity contribution is 6.30. The van der Waals surface area contributed by atoms with Crippen LogP contribution in [-0.2, 0) is 24.3 Å². The van der Waals surface area contributed by atoms with E-state index in [0.29, 0.717) is 41.6 Å². The van der Waals surface area contributed by atoms with Gasteiger partial charge in [-0.05, 0) is 49.1 Å². The van der Waals surface area contributed by atoms with E-state index in [-0.39, 0.29) is 5.56 Å². The Morgan fingerprint density at radius 3 is 2.69 bits per heavy atom. The van der Waals surface area contributed by atoms with Crippen LogP contribution in [-0.4, -0.2) is 25.8 Å². The van der Waals surface area contributed by atoms with Crippen molar-refractivity contribution < 1.29 is 9.21 Å². The third kappa shape index (κ3) is 4.21. The second kappa shape index (κ2) is 9.39.